The van der Waals surface area contributed by atoms with Crippen LogP contribution in [0.25, 0.3) is 39.2 Å². The van der Waals surface area contributed by atoms with E-state index in [-0.39, 0.29) is 12.2 Å². The summed E-state index contributed by atoms with van der Waals surface area (Å²) >= 11 is 0. The maximum absolute atomic E-state index is 13.8. The lowest BCUT2D eigenvalue weighted by Gasteiger charge is -2.19. The highest BCUT2D eigenvalue weighted by Gasteiger charge is 2.23. The number of aromatic nitrogens is 3. The molecule has 0 saturated heterocycles. The number of H-pyrrole nitrogens is 1. The van der Waals surface area contributed by atoms with E-state index in [4.69, 9.17) is 14.5 Å². The van der Waals surface area contributed by atoms with Crippen molar-refractivity contribution < 1.29 is 14.6 Å². The zero-order valence-electron chi connectivity index (χ0n) is 18.2. The molecule has 0 unspecified atom stereocenters. The van der Waals surface area contributed by atoms with Crippen molar-refractivity contribution >= 4 is 5.65 Å². The maximum Gasteiger partial charge on any atom is 0.280 e. The fourth-order valence-corrected chi connectivity index (χ4v) is 4.41. The van der Waals surface area contributed by atoms with E-state index in [1.165, 1.54) is 4.52 Å². The Balaban J connectivity index is 1.65. The van der Waals surface area contributed by atoms with Crippen LogP contribution in [0.5, 0.6) is 11.5 Å². The summed E-state index contributed by atoms with van der Waals surface area (Å²) in [4.78, 5) is 18.6. The molecular weight excluding hydrogens is 430 g/mol. The molecule has 0 radical (unpaired) electrons. The zero-order chi connectivity index (χ0) is 23.1. The SMILES string of the molecule is O=c1c(-c2ccc3c(c2)OCCO3)c(CO)nc2c(-c3ccccc3)c(-c3ccccc3)[nH]n12. The Labute approximate surface area is 194 Å². The van der Waals surface area contributed by atoms with Crippen molar-refractivity contribution in [3.05, 3.63) is 94.9 Å². The fourth-order valence-electron chi connectivity index (χ4n) is 4.41. The van der Waals surface area contributed by atoms with Gasteiger partial charge in [0.05, 0.1) is 29.1 Å². The first-order valence-corrected chi connectivity index (χ1v) is 11.0. The Morgan fingerprint density at radius 3 is 2.21 bits per heavy atom. The Bertz CT molecular complexity index is 1560. The lowest BCUT2D eigenvalue weighted by Crippen LogP contribution is -2.21. The van der Waals surface area contributed by atoms with E-state index < -0.39 is 0 Å². The molecule has 1 aliphatic rings. The maximum atomic E-state index is 13.8. The van der Waals surface area contributed by atoms with Gasteiger partial charge in [-0.05, 0) is 23.3 Å². The molecule has 0 spiro atoms. The van der Waals surface area contributed by atoms with E-state index in [9.17, 15) is 9.90 Å². The molecule has 0 saturated carbocycles. The topological polar surface area (TPSA) is 88.8 Å². The van der Waals surface area contributed by atoms with Crippen LogP contribution >= 0.6 is 0 Å². The van der Waals surface area contributed by atoms with Crippen molar-refractivity contribution in [2.75, 3.05) is 13.2 Å². The second-order valence-electron chi connectivity index (χ2n) is 8.01. The predicted molar refractivity (Wildman–Crippen MR) is 129 cm³/mol. The van der Waals surface area contributed by atoms with Gasteiger partial charge in [-0.1, -0.05) is 66.7 Å². The highest BCUT2D eigenvalue weighted by atomic mass is 16.6. The van der Waals surface area contributed by atoms with Crippen molar-refractivity contribution in [3.8, 4) is 45.0 Å². The lowest BCUT2D eigenvalue weighted by molar-refractivity contribution is 0.171. The van der Waals surface area contributed by atoms with Crippen molar-refractivity contribution in [1.82, 2.24) is 14.6 Å². The van der Waals surface area contributed by atoms with Gasteiger partial charge in [-0.3, -0.25) is 9.89 Å². The Morgan fingerprint density at radius 1 is 0.824 bits per heavy atom. The van der Waals surface area contributed by atoms with Gasteiger partial charge in [0.1, 0.15) is 13.2 Å². The molecule has 2 aromatic heterocycles. The number of nitrogens with one attached hydrogen (secondary N) is 1. The van der Waals surface area contributed by atoms with Crippen molar-refractivity contribution in [2.24, 2.45) is 0 Å². The van der Waals surface area contributed by atoms with Gasteiger partial charge in [0.2, 0.25) is 0 Å². The molecule has 1 aliphatic heterocycles. The number of aromatic amines is 1. The summed E-state index contributed by atoms with van der Waals surface area (Å²) in [5.74, 6) is 1.20. The Kier molecular flexibility index (Phi) is 4.89. The quantitative estimate of drug-likeness (QED) is 0.426. The first-order valence-electron chi connectivity index (χ1n) is 11.0. The third-order valence-corrected chi connectivity index (χ3v) is 5.96. The van der Waals surface area contributed by atoms with Crippen LogP contribution in [-0.4, -0.2) is 32.9 Å². The second-order valence-corrected chi connectivity index (χ2v) is 8.01. The van der Waals surface area contributed by atoms with E-state index in [1.54, 1.807) is 18.2 Å². The number of rotatable bonds is 4. The molecule has 0 aliphatic carbocycles. The summed E-state index contributed by atoms with van der Waals surface area (Å²) in [6, 6.07) is 24.9. The molecule has 0 fully saturated rings. The van der Waals surface area contributed by atoms with Crippen molar-refractivity contribution in [3.63, 3.8) is 0 Å². The summed E-state index contributed by atoms with van der Waals surface area (Å²) in [6.07, 6.45) is 0. The van der Waals surface area contributed by atoms with Gasteiger partial charge in [-0.2, -0.15) is 4.52 Å². The summed E-state index contributed by atoms with van der Waals surface area (Å²) in [5.41, 5.74) is 4.81. The highest BCUT2D eigenvalue weighted by molar-refractivity contribution is 5.91. The largest absolute Gasteiger partial charge is 0.486 e. The molecule has 34 heavy (non-hydrogen) atoms. The lowest BCUT2D eigenvalue weighted by atomic mass is 10.0. The number of hydrogen-bond donors (Lipinski definition) is 2. The van der Waals surface area contributed by atoms with Crippen LogP contribution in [0.1, 0.15) is 5.69 Å². The Hall–Kier alpha value is -4.36. The summed E-state index contributed by atoms with van der Waals surface area (Å²) < 4.78 is 12.8. The van der Waals surface area contributed by atoms with Crippen LogP contribution in [0.2, 0.25) is 0 Å². The molecule has 0 atom stereocenters. The molecule has 7 heteroatoms. The molecule has 7 nitrogen and oxygen atoms in total. The minimum atomic E-state index is -0.379. The van der Waals surface area contributed by atoms with Gasteiger partial charge >= 0.3 is 0 Å². The summed E-state index contributed by atoms with van der Waals surface area (Å²) in [6.45, 7) is 0.546. The van der Waals surface area contributed by atoms with Crippen molar-refractivity contribution in [2.45, 2.75) is 6.61 Å². The van der Waals surface area contributed by atoms with Gasteiger partial charge in [0, 0.05) is 5.56 Å². The first kappa shape index (κ1) is 20.3. The number of benzene rings is 3. The predicted octanol–water partition coefficient (Wildman–Crippen LogP) is 4.29. The van der Waals surface area contributed by atoms with E-state index in [2.05, 4.69) is 5.10 Å². The number of nitrogens with zero attached hydrogens (tertiary/aromatic N) is 2. The molecule has 6 rings (SSSR count). The van der Waals surface area contributed by atoms with E-state index in [1.807, 2.05) is 60.7 Å². The van der Waals surface area contributed by atoms with Gasteiger partial charge in [0.15, 0.2) is 17.1 Å². The smallest absolute Gasteiger partial charge is 0.280 e. The number of aliphatic hydroxyl groups is 1. The minimum absolute atomic E-state index is 0.301. The molecule has 3 heterocycles. The molecule has 3 aromatic carbocycles. The number of hydrogen-bond acceptors (Lipinski definition) is 5. The second kappa shape index (κ2) is 8.20. The van der Waals surface area contributed by atoms with Crippen LogP contribution in [-0.2, 0) is 6.61 Å². The van der Waals surface area contributed by atoms with E-state index in [0.717, 1.165) is 22.4 Å². The van der Waals surface area contributed by atoms with E-state index >= 15 is 0 Å². The van der Waals surface area contributed by atoms with Gasteiger partial charge in [-0.25, -0.2) is 4.98 Å². The first-order chi connectivity index (χ1) is 16.7. The summed E-state index contributed by atoms with van der Waals surface area (Å²) in [5, 5.41) is 13.5. The van der Waals surface area contributed by atoms with Gasteiger partial charge in [0.25, 0.3) is 5.56 Å². The fraction of sp³-hybridized carbons (Fsp3) is 0.111. The van der Waals surface area contributed by atoms with E-state index in [0.29, 0.717) is 47.2 Å². The van der Waals surface area contributed by atoms with Crippen LogP contribution in [0.4, 0.5) is 0 Å². The van der Waals surface area contributed by atoms with Crippen molar-refractivity contribution in [1.29, 1.82) is 0 Å². The van der Waals surface area contributed by atoms with Crippen LogP contribution in [0.3, 0.4) is 0 Å². The van der Waals surface area contributed by atoms with Gasteiger partial charge < -0.3 is 14.6 Å². The average molecular weight is 451 g/mol. The summed E-state index contributed by atoms with van der Waals surface area (Å²) in [7, 11) is 0. The number of ether oxygens (including phenoxy) is 2. The third-order valence-electron chi connectivity index (χ3n) is 5.96. The van der Waals surface area contributed by atoms with Crippen LogP contribution < -0.4 is 15.0 Å². The minimum Gasteiger partial charge on any atom is -0.486 e. The standard InChI is InChI=1S/C27H21N3O4/c31-16-20-23(19-11-12-21-22(15-19)34-14-13-33-21)27(32)30-26(28-20)24(17-7-3-1-4-8-17)25(29-30)18-9-5-2-6-10-18/h1-12,15,29,31H,13-14,16H2. The van der Waals surface area contributed by atoms with Crippen LogP contribution in [0.15, 0.2) is 83.7 Å². The zero-order valence-corrected chi connectivity index (χ0v) is 18.2. The molecular formula is C27H21N3O4. The number of fused-ring (bicyclic) bond motifs is 2. The van der Waals surface area contributed by atoms with Crippen LogP contribution in [0, 0.1) is 0 Å². The molecule has 0 amide bonds. The average Bonchev–Trinajstić information content (AvgIpc) is 3.29. The third kappa shape index (κ3) is 3.25. The normalized spacial score (nSPS) is 12.7. The Morgan fingerprint density at radius 2 is 1.50 bits per heavy atom. The molecule has 2 N–H and O–H groups in total. The monoisotopic (exact) mass is 451 g/mol. The molecule has 168 valence electrons. The number of aliphatic hydroxyl groups excluding tert-OH is 1. The highest BCUT2D eigenvalue weighted by Crippen LogP contribution is 2.37. The molecule has 5 aromatic rings. The molecule has 0 bridgehead atoms. The van der Waals surface area contributed by atoms with Gasteiger partial charge in [-0.15, -0.1) is 0 Å².